The SMILES string of the molecule is CC1CCCC1c1nccc(NN)n1. The Morgan fingerprint density at radius 2 is 2.36 bits per heavy atom. The summed E-state index contributed by atoms with van der Waals surface area (Å²) in [7, 11) is 0. The average Bonchev–Trinajstić information content (AvgIpc) is 2.65. The monoisotopic (exact) mass is 192 g/mol. The van der Waals surface area contributed by atoms with E-state index >= 15 is 0 Å². The molecule has 2 atom stereocenters. The van der Waals surface area contributed by atoms with E-state index in [-0.39, 0.29) is 0 Å². The topological polar surface area (TPSA) is 63.8 Å². The molecule has 0 aromatic carbocycles. The molecule has 0 bridgehead atoms. The lowest BCUT2D eigenvalue weighted by Crippen LogP contribution is -2.12. The summed E-state index contributed by atoms with van der Waals surface area (Å²) in [4.78, 5) is 8.69. The molecular weight excluding hydrogens is 176 g/mol. The molecule has 0 spiro atoms. The van der Waals surface area contributed by atoms with Gasteiger partial charge < -0.3 is 5.43 Å². The third kappa shape index (κ3) is 1.70. The highest BCUT2D eigenvalue weighted by molar-refractivity contribution is 5.31. The van der Waals surface area contributed by atoms with Gasteiger partial charge in [0.1, 0.15) is 11.6 Å². The first-order valence-corrected chi connectivity index (χ1v) is 5.11. The molecular formula is C10H16N4. The number of hydrazine groups is 1. The Morgan fingerprint density at radius 3 is 3.00 bits per heavy atom. The second kappa shape index (κ2) is 3.92. The highest BCUT2D eigenvalue weighted by Gasteiger charge is 2.27. The number of hydrogen-bond acceptors (Lipinski definition) is 4. The van der Waals surface area contributed by atoms with Crippen molar-refractivity contribution in [1.29, 1.82) is 0 Å². The Kier molecular flexibility index (Phi) is 2.63. The molecule has 2 unspecified atom stereocenters. The first-order chi connectivity index (χ1) is 6.81. The van der Waals surface area contributed by atoms with Crippen molar-refractivity contribution in [3.8, 4) is 0 Å². The van der Waals surface area contributed by atoms with Crippen LogP contribution >= 0.6 is 0 Å². The Balaban J connectivity index is 2.22. The highest BCUT2D eigenvalue weighted by Crippen LogP contribution is 2.37. The molecule has 1 aliphatic carbocycles. The summed E-state index contributed by atoms with van der Waals surface area (Å²) < 4.78 is 0. The van der Waals surface area contributed by atoms with Crippen LogP contribution in [-0.4, -0.2) is 9.97 Å². The number of rotatable bonds is 2. The predicted molar refractivity (Wildman–Crippen MR) is 55.6 cm³/mol. The van der Waals surface area contributed by atoms with E-state index in [4.69, 9.17) is 5.84 Å². The normalized spacial score (nSPS) is 26.4. The zero-order valence-corrected chi connectivity index (χ0v) is 8.40. The van der Waals surface area contributed by atoms with Crippen LogP contribution in [0.5, 0.6) is 0 Å². The van der Waals surface area contributed by atoms with Crippen molar-refractivity contribution in [3.63, 3.8) is 0 Å². The van der Waals surface area contributed by atoms with Gasteiger partial charge in [0.25, 0.3) is 0 Å². The molecule has 1 heterocycles. The predicted octanol–water partition coefficient (Wildman–Crippen LogP) is 1.67. The lowest BCUT2D eigenvalue weighted by Gasteiger charge is -2.13. The van der Waals surface area contributed by atoms with Crippen LogP contribution in [0, 0.1) is 5.92 Å². The van der Waals surface area contributed by atoms with Gasteiger partial charge >= 0.3 is 0 Å². The van der Waals surface area contributed by atoms with Gasteiger partial charge in [-0.15, -0.1) is 0 Å². The van der Waals surface area contributed by atoms with E-state index in [0.717, 1.165) is 5.82 Å². The minimum Gasteiger partial charge on any atom is -0.308 e. The zero-order chi connectivity index (χ0) is 9.97. The first-order valence-electron chi connectivity index (χ1n) is 5.11. The second-order valence-electron chi connectivity index (χ2n) is 3.96. The summed E-state index contributed by atoms with van der Waals surface area (Å²) in [6.07, 6.45) is 5.54. The number of hydrogen-bond donors (Lipinski definition) is 2. The van der Waals surface area contributed by atoms with Crippen LogP contribution in [-0.2, 0) is 0 Å². The molecule has 76 valence electrons. The summed E-state index contributed by atoms with van der Waals surface area (Å²) in [5.74, 6) is 8.16. The fourth-order valence-electron chi connectivity index (χ4n) is 2.16. The Morgan fingerprint density at radius 1 is 1.50 bits per heavy atom. The summed E-state index contributed by atoms with van der Waals surface area (Å²) in [6, 6.07) is 1.78. The van der Waals surface area contributed by atoms with Crippen molar-refractivity contribution in [2.24, 2.45) is 11.8 Å². The van der Waals surface area contributed by atoms with E-state index in [1.54, 1.807) is 12.3 Å². The van der Waals surface area contributed by atoms with Crippen molar-refractivity contribution in [3.05, 3.63) is 18.1 Å². The van der Waals surface area contributed by atoms with Gasteiger partial charge in [0.15, 0.2) is 0 Å². The van der Waals surface area contributed by atoms with E-state index < -0.39 is 0 Å². The maximum atomic E-state index is 5.31. The molecule has 0 saturated heterocycles. The molecule has 1 fully saturated rings. The Bertz CT molecular complexity index is 313. The number of nitrogens with zero attached hydrogens (tertiary/aromatic N) is 2. The highest BCUT2D eigenvalue weighted by atomic mass is 15.3. The number of nitrogen functional groups attached to an aromatic ring is 1. The molecule has 1 aromatic heterocycles. The Labute approximate surface area is 83.9 Å². The van der Waals surface area contributed by atoms with E-state index in [2.05, 4.69) is 22.3 Å². The van der Waals surface area contributed by atoms with Crippen molar-refractivity contribution in [2.75, 3.05) is 5.43 Å². The summed E-state index contributed by atoms with van der Waals surface area (Å²) >= 11 is 0. The maximum Gasteiger partial charge on any atom is 0.143 e. The molecule has 14 heavy (non-hydrogen) atoms. The standard InChI is InChI=1S/C10H16N4/c1-7-3-2-4-8(7)10-12-6-5-9(13-10)14-11/h5-8H,2-4,11H2,1H3,(H,12,13,14). The maximum absolute atomic E-state index is 5.31. The van der Waals surface area contributed by atoms with Gasteiger partial charge in [-0.2, -0.15) is 0 Å². The quantitative estimate of drug-likeness (QED) is 0.552. The smallest absolute Gasteiger partial charge is 0.143 e. The lowest BCUT2D eigenvalue weighted by molar-refractivity contribution is 0.510. The number of nitrogens with one attached hydrogen (secondary N) is 1. The summed E-state index contributed by atoms with van der Waals surface area (Å²) in [5, 5.41) is 0. The fraction of sp³-hybridized carbons (Fsp3) is 0.600. The fourth-order valence-corrected chi connectivity index (χ4v) is 2.16. The summed E-state index contributed by atoms with van der Waals surface area (Å²) in [5.41, 5.74) is 2.55. The molecule has 4 heteroatoms. The average molecular weight is 192 g/mol. The van der Waals surface area contributed by atoms with Crippen LogP contribution in [0.15, 0.2) is 12.3 Å². The van der Waals surface area contributed by atoms with Crippen LogP contribution in [0.25, 0.3) is 0 Å². The number of anilines is 1. The van der Waals surface area contributed by atoms with Gasteiger partial charge in [0, 0.05) is 18.2 Å². The largest absolute Gasteiger partial charge is 0.308 e. The zero-order valence-electron chi connectivity index (χ0n) is 8.40. The van der Waals surface area contributed by atoms with Crippen molar-refractivity contribution in [2.45, 2.75) is 32.1 Å². The summed E-state index contributed by atoms with van der Waals surface area (Å²) in [6.45, 7) is 2.27. The molecule has 4 nitrogen and oxygen atoms in total. The van der Waals surface area contributed by atoms with Crippen molar-refractivity contribution >= 4 is 5.82 Å². The van der Waals surface area contributed by atoms with Gasteiger partial charge in [0.05, 0.1) is 0 Å². The number of nitrogens with two attached hydrogens (primary N) is 1. The van der Waals surface area contributed by atoms with Crippen molar-refractivity contribution < 1.29 is 0 Å². The van der Waals surface area contributed by atoms with E-state index in [1.807, 2.05) is 0 Å². The molecule has 2 rings (SSSR count). The Hall–Kier alpha value is -1.16. The minimum atomic E-state index is 0.517. The van der Waals surface area contributed by atoms with E-state index in [9.17, 15) is 0 Å². The van der Waals surface area contributed by atoms with E-state index in [0.29, 0.717) is 17.7 Å². The molecule has 1 saturated carbocycles. The number of aromatic nitrogens is 2. The second-order valence-corrected chi connectivity index (χ2v) is 3.96. The lowest BCUT2D eigenvalue weighted by atomic mass is 9.97. The van der Waals surface area contributed by atoms with Gasteiger partial charge in [-0.05, 0) is 18.8 Å². The third-order valence-corrected chi connectivity index (χ3v) is 3.02. The first kappa shape index (κ1) is 9.40. The molecule has 0 amide bonds. The molecule has 1 aliphatic rings. The van der Waals surface area contributed by atoms with Gasteiger partial charge in [-0.1, -0.05) is 13.3 Å². The molecule has 3 N–H and O–H groups in total. The van der Waals surface area contributed by atoms with Crippen LogP contribution in [0.1, 0.15) is 37.9 Å². The molecule has 0 aliphatic heterocycles. The van der Waals surface area contributed by atoms with Gasteiger partial charge in [0.2, 0.25) is 0 Å². The van der Waals surface area contributed by atoms with Gasteiger partial charge in [-0.3, -0.25) is 0 Å². The van der Waals surface area contributed by atoms with Crippen LogP contribution < -0.4 is 11.3 Å². The van der Waals surface area contributed by atoms with Crippen LogP contribution in [0.4, 0.5) is 5.82 Å². The van der Waals surface area contributed by atoms with E-state index in [1.165, 1.54) is 19.3 Å². The van der Waals surface area contributed by atoms with Crippen molar-refractivity contribution in [1.82, 2.24) is 9.97 Å². The van der Waals surface area contributed by atoms with Crippen LogP contribution in [0.3, 0.4) is 0 Å². The minimum absolute atomic E-state index is 0.517. The third-order valence-electron chi connectivity index (χ3n) is 3.02. The van der Waals surface area contributed by atoms with Crippen LogP contribution in [0.2, 0.25) is 0 Å². The van der Waals surface area contributed by atoms with Gasteiger partial charge in [-0.25, -0.2) is 15.8 Å². The molecule has 0 radical (unpaired) electrons. The molecule has 1 aromatic rings.